The lowest BCUT2D eigenvalue weighted by Crippen LogP contribution is -2.24. The molecule has 114 valence electrons. The molecule has 1 heterocycles. The van der Waals surface area contributed by atoms with Crippen molar-refractivity contribution in [2.45, 2.75) is 26.3 Å². The molecule has 1 aromatic heterocycles. The van der Waals surface area contributed by atoms with Gasteiger partial charge in [0.1, 0.15) is 0 Å². The van der Waals surface area contributed by atoms with E-state index < -0.39 is 0 Å². The Balaban J connectivity index is 2.37. The lowest BCUT2D eigenvalue weighted by molar-refractivity contribution is 0.528. The first kappa shape index (κ1) is 16.8. The summed E-state index contributed by atoms with van der Waals surface area (Å²) in [6.07, 6.45) is 0.784. The molecule has 1 N–H and O–H groups in total. The number of nitrogens with zero attached hydrogens (tertiary/aromatic N) is 2. The van der Waals surface area contributed by atoms with Crippen LogP contribution in [-0.2, 0) is 13.5 Å². The SMILES string of the molecule is CCNC(Cc1c(Br)c(C)nn1C)c1cc(Cl)ccc1Cl. The third kappa shape index (κ3) is 3.81. The van der Waals surface area contributed by atoms with Crippen molar-refractivity contribution in [2.24, 2.45) is 7.05 Å². The van der Waals surface area contributed by atoms with Crippen LogP contribution in [0.25, 0.3) is 0 Å². The Labute approximate surface area is 143 Å². The van der Waals surface area contributed by atoms with E-state index in [9.17, 15) is 0 Å². The van der Waals surface area contributed by atoms with Crippen LogP contribution in [0.3, 0.4) is 0 Å². The second-order valence-electron chi connectivity index (χ2n) is 4.95. The maximum atomic E-state index is 6.34. The van der Waals surface area contributed by atoms with Crippen molar-refractivity contribution in [3.8, 4) is 0 Å². The van der Waals surface area contributed by atoms with Crippen LogP contribution in [-0.4, -0.2) is 16.3 Å². The molecule has 2 rings (SSSR count). The number of hydrogen-bond donors (Lipinski definition) is 1. The Kier molecular flexibility index (Phi) is 5.72. The summed E-state index contributed by atoms with van der Waals surface area (Å²) < 4.78 is 2.95. The largest absolute Gasteiger partial charge is 0.310 e. The summed E-state index contributed by atoms with van der Waals surface area (Å²) in [5.74, 6) is 0. The van der Waals surface area contributed by atoms with E-state index in [1.54, 1.807) is 6.07 Å². The molecule has 0 saturated carbocycles. The lowest BCUT2D eigenvalue weighted by atomic mass is 10.0. The molecule has 0 amide bonds. The molecule has 0 aliphatic carbocycles. The Morgan fingerprint density at radius 2 is 2.10 bits per heavy atom. The van der Waals surface area contributed by atoms with Gasteiger partial charge < -0.3 is 5.32 Å². The van der Waals surface area contributed by atoms with E-state index in [0.717, 1.165) is 39.4 Å². The van der Waals surface area contributed by atoms with Gasteiger partial charge in [-0.3, -0.25) is 4.68 Å². The number of aryl methyl sites for hydroxylation is 2. The quantitative estimate of drug-likeness (QED) is 0.802. The highest BCUT2D eigenvalue weighted by molar-refractivity contribution is 9.10. The molecular formula is C15H18BrCl2N3. The van der Waals surface area contributed by atoms with Crippen LogP contribution in [0.2, 0.25) is 10.0 Å². The first-order valence-corrected chi connectivity index (χ1v) is 8.35. The number of likely N-dealkylation sites (N-methyl/N-ethyl adjacent to an activating group) is 1. The van der Waals surface area contributed by atoms with Crippen LogP contribution in [0.5, 0.6) is 0 Å². The minimum absolute atomic E-state index is 0.0901. The predicted molar refractivity (Wildman–Crippen MR) is 92.2 cm³/mol. The van der Waals surface area contributed by atoms with Crippen LogP contribution in [0.1, 0.15) is 29.9 Å². The van der Waals surface area contributed by atoms with E-state index in [1.807, 2.05) is 30.8 Å². The zero-order chi connectivity index (χ0) is 15.6. The van der Waals surface area contributed by atoms with E-state index in [2.05, 4.69) is 33.3 Å². The summed E-state index contributed by atoms with van der Waals surface area (Å²) in [7, 11) is 1.95. The molecule has 0 spiro atoms. The predicted octanol–water partition coefficient (Wildman–Crippen LogP) is 4.69. The minimum atomic E-state index is 0.0901. The molecule has 0 aliphatic heterocycles. The number of hydrogen-bond acceptors (Lipinski definition) is 2. The van der Waals surface area contributed by atoms with Gasteiger partial charge in [0, 0.05) is 29.6 Å². The average molecular weight is 391 g/mol. The Hall–Kier alpha value is -0.550. The third-order valence-electron chi connectivity index (χ3n) is 3.44. The molecule has 0 saturated heterocycles. The summed E-state index contributed by atoms with van der Waals surface area (Å²) in [6.45, 7) is 4.92. The fourth-order valence-corrected chi connectivity index (χ4v) is 3.34. The van der Waals surface area contributed by atoms with Gasteiger partial charge in [-0.15, -0.1) is 0 Å². The van der Waals surface area contributed by atoms with E-state index in [0.29, 0.717) is 5.02 Å². The van der Waals surface area contributed by atoms with Crippen molar-refractivity contribution >= 4 is 39.1 Å². The summed E-state index contributed by atoms with van der Waals surface area (Å²) >= 11 is 16.1. The molecule has 1 aromatic carbocycles. The van der Waals surface area contributed by atoms with Crippen molar-refractivity contribution < 1.29 is 0 Å². The summed E-state index contributed by atoms with van der Waals surface area (Å²) in [6, 6.07) is 5.66. The zero-order valence-electron chi connectivity index (χ0n) is 12.3. The number of nitrogens with one attached hydrogen (secondary N) is 1. The standard InChI is InChI=1S/C15H18BrCl2N3/c1-4-19-13(11-7-10(17)5-6-12(11)18)8-14-15(16)9(2)20-21(14)3/h5-7,13,19H,4,8H2,1-3H3. The van der Waals surface area contributed by atoms with Gasteiger partial charge in [-0.2, -0.15) is 5.10 Å². The molecule has 0 aliphatic rings. The highest BCUT2D eigenvalue weighted by Gasteiger charge is 2.20. The van der Waals surface area contributed by atoms with E-state index >= 15 is 0 Å². The topological polar surface area (TPSA) is 29.9 Å². The zero-order valence-corrected chi connectivity index (χ0v) is 15.3. The maximum Gasteiger partial charge on any atom is 0.0738 e. The first-order valence-electron chi connectivity index (χ1n) is 6.80. The molecular weight excluding hydrogens is 373 g/mol. The fourth-order valence-electron chi connectivity index (χ4n) is 2.42. The summed E-state index contributed by atoms with van der Waals surface area (Å²) in [5, 5.41) is 9.33. The minimum Gasteiger partial charge on any atom is -0.310 e. The van der Waals surface area contributed by atoms with Gasteiger partial charge in [0.25, 0.3) is 0 Å². The van der Waals surface area contributed by atoms with Gasteiger partial charge in [-0.05, 0) is 53.2 Å². The third-order valence-corrected chi connectivity index (χ3v) is 5.05. The van der Waals surface area contributed by atoms with Gasteiger partial charge >= 0.3 is 0 Å². The van der Waals surface area contributed by atoms with Crippen molar-refractivity contribution in [1.29, 1.82) is 0 Å². The average Bonchev–Trinajstić information content (AvgIpc) is 2.67. The molecule has 2 aromatic rings. The second-order valence-corrected chi connectivity index (χ2v) is 6.59. The van der Waals surface area contributed by atoms with Gasteiger partial charge in [-0.1, -0.05) is 30.1 Å². The summed E-state index contributed by atoms with van der Waals surface area (Å²) in [5.41, 5.74) is 3.13. The second kappa shape index (κ2) is 7.14. The van der Waals surface area contributed by atoms with Crippen LogP contribution in [0.15, 0.2) is 22.7 Å². The van der Waals surface area contributed by atoms with Crippen molar-refractivity contribution in [2.75, 3.05) is 6.54 Å². The number of benzene rings is 1. The van der Waals surface area contributed by atoms with Gasteiger partial charge in [0.2, 0.25) is 0 Å². The van der Waals surface area contributed by atoms with Crippen LogP contribution < -0.4 is 5.32 Å². The van der Waals surface area contributed by atoms with Gasteiger partial charge in [0.15, 0.2) is 0 Å². The molecule has 21 heavy (non-hydrogen) atoms. The Morgan fingerprint density at radius 3 is 2.67 bits per heavy atom. The van der Waals surface area contributed by atoms with Crippen molar-refractivity contribution in [1.82, 2.24) is 15.1 Å². The van der Waals surface area contributed by atoms with Gasteiger partial charge in [0.05, 0.1) is 15.9 Å². The lowest BCUT2D eigenvalue weighted by Gasteiger charge is -2.20. The fraction of sp³-hybridized carbons (Fsp3) is 0.400. The monoisotopic (exact) mass is 389 g/mol. The molecule has 1 atom stereocenters. The van der Waals surface area contributed by atoms with Crippen LogP contribution in [0.4, 0.5) is 0 Å². The number of halogens is 3. The van der Waals surface area contributed by atoms with Crippen molar-refractivity contribution in [3.05, 3.63) is 49.7 Å². The number of aromatic nitrogens is 2. The maximum absolute atomic E-state index is 6.34. The highest BCUT2D eigenvalue weighted by atomic mass is 79.9. The molecule has 0 fully saturated rings. The molecule has 0 bridgehead atoms. The van der Waals surface area contributed by atoms with E-state index in [-0.39, 0.29) is 6.04 Å². The van der Waals surface area contributed by atoms with E-state index in [1.165, 1.54) is 0 Å². The van der Waals surface area contributed by atoms with Crippen molar-refractivity contribution in [3.63, 3.8) is 0 Å². The summed E-state index contributed by atoms with van der Waals surface area (Å²) in [4.78, 5) is 0. The van der Waals surface area contributed by atoms with Crippen LogP contribution >= 0.6 is 39.1 Å². The first-order chi connectivity index (χ1) is 9.93. The highest BCUT2D eigenvalue weighted by Crippen LogP contribution is 2.31. The molecule has 1 unspecified atom stereocenters. The Bertz CT molecular complexity index is 640. The van der Waals surface area contributed by atoms with Crippen LogP contribution in [0, 0.1) is 6.92 Å². The van der Waals surface area contributed by atoms with Gasteiger partial charge in [-0.25, -0.2) is 0 Å². The number of rotatable bonds is 5. The van der Waals surface area contributed by atoms with E-state index in [4.69, 9.17) is 23.2 Å². The Morgan fingerprint density at radius 1 is 1.38 bits per heavy atom. The molecule has 0 radical (unpaired) electrons. The molecule has 3 nitrogen and oxygen atoms in total. The normalized spacial score (nSPS) is 12.7. The molecule has 6 heteroatoms. The smallest absolute Gasteiger partial charge is 0.0738 e.